The van der Waals surface area contributed by atoms with Gasteiger partial charge >= 0.3 is 12.4 Å². The Hall–Kier alpha value is -2.54. The average molecular weight is 612 g/mol. The van der Waals surface area contributed by atoms with Crippen molar-refractivity contribution in [1.82, 2.24) is 20.2 Å². The third-order valence-electron chi connectivity index (χ3n) is 6.11. The first-order chi connectivity index (χ1) is 17.3. The molecule has 1 atom stereocenters. The standard InChI is InChI=1S/C23H22BrClF6N6/c1-12-6-16-17(4-3-5-32-20(16)19(24)18(12)23(29,30)31)37(21-33-35-36(2)34-21)11-14-7-13(10-25)8-15(9-14)22(26,27)28/h6-9,17,32H,3-5,10-11H2,1-2H3. The minimum Gasteiger partial charge on any atom is -0.384 e. The minimum atomic E-state index is -4.58. The highest BCUT2D eigenvalue weighted by Crippen LogP contribution is 2.47. The number of tetrazole rings is 1. The van der Waals surface area contributed by atoms with Gasteiger partial charge in [-0.05, 0) is 75.3 Å². The molecule has 1 aliphatic rings. The number of aromatic nitrogens is 4. The summed E-state index contributed by atoms with van der Waals surface area (Å²) >= 11 is 9.03. The fraction of sp³-hybridized carbons (Fsp3) is 0.435. The SMILES string of the molecule is Cc1cc2c(c(Br)c1C(F)(F)F)NCCCC2N(Cc1cc(CCl)cc(C(F)(F)F)c1)c1nnn(C)n1. The van der Waals surface area contributed by atoms with E-state index in [1.165, 1.54) is 17.8 Å². The molecular weight excluding hydrogens is 590 g/mol. The van der Waals surface area contributed by atoms with Crippen molar-refractivity contribution in [3.8, 4) is 0 Å². The Balaban J connectivity index is 1.87. The van der Waals surface area contributed by atoms with Gasteiger partial charge < -0.3 is 10.2 Å². The molecule has 0 spiro atoms. The number of hydrogen-bond donors (Lipinski definition) is 1. The molecule has 0 radical (unpaired) electrons. The van der Waals surface area contributed by atoms with E-state index in [9.17, 15) is 26.3 Å². The van der Waals surface area contributed by atoms with E-state index >= 15 is 0 Å². The van der Waals surface area contributed by atoms with Crippen LogP contribution in [-0.2, 0) is 31.8 Å². The highest BCUT2D eigenvalue weighted by atomic mass is 79.9. The van der Waals surface area contributed by atoms with E-state index in [4.69, 9.17) is 11.6 Å². The highest BCUT2D eigenvalue weighted by Gasteiger charge is 2.39. The molecule has 2 aromatic carbocycles. The van der Waals surface area contributed by atoms with Crippen LogP contribution in [0.15, 0.2) is 28.7 Å². The summed E-state index contributed by atoms with van der Waals surface area (Å²) < 4.78 is 82.0. The molecule has 0 amide bonds. The second-order valence-corrected chi connectivity index (χ2v) is 9.87. The molecule has 37 heavy (non-hydrogen) atoms. The maximum absolute atomic E-state index is 13.8. The van der Waals surface area contributed by atoms with E-state index < -0.39 is 29.5 Å². The summed E-state index contributed by atoms with van der Waals surface area (Å²) in [5.41, 5.74) is -0.194. The van der Waals surface area contributed by atoms with Crippen LogP contribution >= 0.6 is 27.5 Å². The molecule has 6 nitrogen and oxygen atoms in total. The van der Waals surface area contributed by atoms with Crippen molar-refractivity contribution in [2.75, 3.05) is 16.8 Å². The molecule has 0 bridgehead atoms. The number of benzene rings is 2. The van der Waals surface area contributed by atoms with E-state index in [-0.39, 0.29) is 39.7 Å². The fourth-order valence-electron chi connectivity index (χ4n) is 4.58. The van der Waals surface area contributed by atoms with Gasteiger partial charge in [-0.2, -0.15) is 31.1 Å². The summed E-state index contributed by atoms with van der Waals surface area (Å²) in [6.45, 7) is 1.73. The van der Waals surface area contributed by atoms with Crippen LogP contribution in [0.1, 0.15) is 52.3 Å². The molecule has 0 saturated heterocycles. The summed E-state index contributed by atoms with van der Waals surface area (Å²) in [5, 5.41) is 15.3. The van der Waals surface area contributed by atoms with Gasteiger partial charge in [0.2, 0.25) is 0 Å². The highest BCUT2D eigenvalue weighted by molar-refractivity contribution is 9.10. The van der Waals surface area contributed by atoms with E-state index in [0.717, 1.165) is 12.1 Å². The van der Waals surface area contributed by atoms with Crippen LogP contribution in [0.5, 0.6) is 0 Å². The molecule has 1 aromatic heterocycles. The number of hydrogen-bond acceptors (Lipinski definition) is 5. The van der Waals surface area contributed by atoms with E-state index in [0.29, 0.717) is 30.5 Å². The van der Waals surface area contributed by atoms with Gasteiger partial charge in [-0.3, -0.25) is 0 Å². The Kier molecular flexibility index (Phi) is 7.67. The smallest absolute Gasteiger partial charge is 0.384 e. The number of nitrogens with one attached hydrogen (secondary N) is 1. The van der Waals surface area contributed by atoms with Crippen molar-refractivity contribution < 1.29 is 26.3 Å². The summed E-state index contributed by atoms with van der Waals surface area (Å²) in [4.78, 5) is 2.88. The number of nitrogens with zero attached hydrogens (tertiary/aromatic N) is 5. The van der Waals surface area contributed by atoms with Crippen LogP contribution < -0.4 is 10.2 Å². The number of fused-ring (bicyclic) bond motifs is 1. The molecule has 14 heteroatoms. The normalized spacial score (nSPS) is 16.2. The van der Waals surface area contributed by atoms with Crippen molar-refractivity contribution in [3.05, 3.63) is 62.1 Å². The second-order valence-electron chi connectivity index (χ2n) is 8.81. The van der Waals surface area contributed by atoms with E-state index in [2.05, 4.69) is 36.7 Å². The van der Waals surface area contributed by atoms with Crippen LogP contribution in [0.3, 0.4) is 0 Å². The first kappa shape index (κ1) is 27.5. The van der Waals surface area contributed by atoms with Gasteiger partial charge in [0.1, 0.15) is 0 Å². The third-order valence-corrected chi connectivity index (χ3v) is 7.21. The number of halogens is 8. The number of anilines is 2. The Morgan fingerprint density at radius 2 is 1.81 bits per heavy atom. The van der Waals surface area contributed by atoms with Gasteiger partial charge in [0.25, 0.3) is 5.95 Å². The Morgan fingerprint density at radius 3 is 2.41 bits per heavy atom. The molecule has 1 aliphatic heterocycles. The van der Waals surface area contributed by atoms with Crippen molar-refractivity contribution in [2.45, 2.75) is 50.6 Å². The second kappa shape index (κ2) is 10.3. The van der Waals surface area contributed by atoms with Gasteiger partial charge in [0.05, 0.1) is 34.4 Å². The van der Waals surface area contributed by atoms with Crippen molar-refractivity contribution in [2.24, 2.45) is 7.05 Å². The fourth-order valence-corrected chi connectivity index (χ4v) is 5.64. The Labute approximate surface area is 222 Å². The van der Waals surface area contributed by atoms with Crippen LogP contribution in [0.2, 0.25) is 0 Å². The molecule has 0 saturated carbocycles. The number of rotatable bonds is 5. The summed E-state index contributed by atoms with van der Waals surface area (Å²) in [6, 6.07) is 4.50. The summed E-state index contributed by atoms with van der Waals surface area (Å²) in [5.74, 6) is 0.0157. The van der Waals surface area contributed by atoms with E-state index in [1.807, 2.05) is 0 Å². The summed E-state index contributed by atoms with van der Waals surface area (Å²) in [7, 11) is 1.55. The molecule has 1 N–H and O–H groups in total. The molecule has 4 rings (SSSR count). The lowest BCUT2D eigenvalue weighted by atomic mass is 9.94. The molecule has 3 aromatic rings. The lowest BCUT2D eigenvalue weighted by Gasteiger charge is -2.32. The number of alkyl halides is 7. The van der Waals surface area contributed by atoms with Gasteiger partial charge in [-0.1, -0.05) is 17.2 Å². The lowest BCUT2D eigenvalue weighted by molar-refractivity contribution is -0.139. The molecule has 2 heterocycles. The van der Waals surface area contributed by atoms with E-state index in [1.54, 1.807) is 18.0 Å². The Bertz CT molecular complexity index is 1290. The molecular formula is C23H22BrClF6N6. The van der Waals surface area contributed by atoms with Gasteiger partial charge in [-0.25, -0.2) is 0 Å². The van der Waals surface area contributed by atoms with Crippen LogP contribution in [0.25, 0.3) is 0 Å². The maximum Gasteiger partial charge on any atom is 0.417 e. The predicted molar refractivity (Wildman–Crippen MR) is 130 cm³/mol. The van der Waals surface area contributed by atoms with Crippen molar-refractivity contribution in [1.29, 1.82) is 0 Å². The zero-order valence-corrected chi connectivity index (χ0v) is 22.0. The molecule has 1 unspecified atom stereocenters. The van der Waals surface area contributed by atoms with Gasteiger partial charge in [0.15, 0.2) is 0 Å². The Morgan fingerprint density at radius 1 is 1.11 bits per heavy atom. The van der Waals surface area contributed by atoms with Gasteiger partial charge in [0, 0.05) is 19.0 Å². The number of aryl methyl sites for hydroxylation is 2. The maximum atomic E-state index is 13.8. The lowest BCUT2D eigenvalue weighted by Crippen LogP contribution is -2.30. The monoisotopic (exact) mass is 610 g/mol. The molecule has 0 fully saturated rings. The predicted octanol–water partition coefficient (Wildman–Crippen LogP) is 7.01. The first-order valence-corrected chi connectivity index (χ1v) is 12.5. The van der Waals surface area contributed by atoms with Crippen LogP contribution in [0.4, 0.5) is 38.0 Å². The molecule has 0 aliphatic carbocycles. The van der Waals surface area contributed by atoms with Crippen LogP contribution in [-0.4, -0.2) is 26.8 Å². The molecule has 200 valence electrons. The third kappa shape index (κ3) is 5.82. The van der Waals surface area contributed by atoms with Crippen molar-refractivity contribution in [3.63, 3.8) is 0 Å². The van der Waals surface area contributed by atoms with Crippen LogP contribution in [0, 0.1) is 6.92 Å². The average Bonchev–Trinajstić information content (AvgIpc) is 3.11. The zero-order valence-electron chi connectivity index (χ0n) is 19.7. The summed E-state index contributed by atoms with van der Waals surface area (Å²) in [6.07, 6.45) is -8.10. The first-order valence-electron chi connectivity index (χ1n) is 11.2. The van der Waals surface area contributed by atoms with Gasteiger partial charge in [-0.15, -0.1) is 16.7 Å². The topological polar surface area (TPSA) is 58.9 Å². The minimum absolute atomic E-state index is 0.0161. The quantitative estimate of drug-likeness (QED) is 0.249. The largest absolute Gasteiger partial charge is 0.417 e. The van der Waals surface area contributed by atoms with Crippen molar-refractivity contribution >= 4 is 39.2 Å². The zero-order chi connectivity index (χ0) is 27.1.